The Morgan fingerprint density at radius 2 is 1.65 bits per heavy atom. The van der Waals surface area contributed by atoms with Crippen LogP contribution in [-0.2, 0) is 0 Å². The predicted octanol–water partition coefficient (Wildman–Crippen LogP) is 4.85. The molecule has 2 aromatic heterocycles. The van der Waals surface area contributed by atoms with Gasteiger partial charge in [0.1, 0.15) is 5.82 Å². The number of benzene rings is 2. The van der Waals surface area contributed by atoms with E-state index in [1.807, 2.05) is 66.9 Å². The minimum Gasteiger partial charge on any atom is -0.341 e. The summed E-state index contributed by atoms with van der Waals surface area (Å²) in [4.78, 5) is 17.9. The summed E-state index contributed by atoms with van der Waals surface area (Å²) in [6, 6.07) is 21.5. The standard InChI is InChI=1S/C21H17N3OS/c1-26-19-14-22-13-17-18(25)12-20(23-15-8-4-2-5-9-15)24(21(17)19)16-10-6-3-7-11-16/h2-14,23H,1H3. The van der Waals surface area contributed by atoms with Gasteiger partial charge in [0.25, 0.3) is 0 Å². The molecule has 0 bridgehead atoms. The SMILES string of the molecule is CSc1cncc2c(=O)cc(Nc3ccccc3)n(-c3ccccc3)c12. The maximum absolute atomic E-state index is 12.7. The van der Waals surface area contributed by atoms with Crippen LogP contribution in [0.1, 0.15) is 0 Å². The molecule has 2 heterocycles. The monoisotopic (exact) mass is 359 g/mol. The van der Waals surface area contributed by atoms with Gasteiger partial charge < -0.3 is 5.32 Å². The van der Waals surface area contributed by atoms with Crippen LogP contribution in [0.2, 0.25) is 0 Å². The molecule has 0 aliphatic heterocycles. The number of hydrogen-bond acceptors (Lipinski definition) is 4. The van der Waals surface area contributed by atoms with Crippen molar-refractivity contribution < 1.29 is 0 Å². The zero-order chi connectivity index (χ0) is 17.9. The van der Waals surface area contributed by atoms with E-state index in [1.165, 1.54) is 0 Å². The summed E-state index contributed by atoms with van der Waals surface area (Å²) in [5.41, 5.74) is 2.73. The van der Waals surface area contributed by atoms with Gasteiger partial charge in [0.2, 0.25) is 0 Å². The van der Waals surface area contributed by atoms with Crippen LogP contribution in [0.3, 0.4) is 0 Å². The minimum absolute atomic E-state index is 0.0472. The van der Waals surface area contributed by atoms with E-state index in [0.29, 0.717) is 5.39 Å². The summed E-state index contributed by atoms with van der Waals surface area (Å²) >= 11 is 1.58. The summed E-state index contributed by atoms with van der Waals surface area (Å²) in [5.74, 6) is 0.724. The Morgan fingerprint density at radius 3 is 2.35 bits per heavy atom. The van der Waals surface area contributed by atoms with Crippen LogP contribution in [0.4, 0.5) is 11.5 Å². The number of nitrogens with zero attached hydrogens (tertiary/aromatic N) is 2. The maximum Gasteiger partial charge on any atom is 0.193 e. The fraction of sp³-hybridized carbons (Fsp3) is 0.0476. The maximum atomic E-state index is 12.7. The van der Waals surface area contributed by atoms with Gasteiger partial charge in [-0.1, -0.05) is 36.4 Å². The molecule has 26 heavy (non-hydrogen) atoms. The van der Waals surface area contributed by atoms with E-state index in [0.717, 1.165) is 27.6 Å². The van der Waals surface area contributed by atoms with E-state index in [4.69, 9.17) is 0 Å². The van der Waals surface area contributed by atoms with Crippen molar-refractivity contribution in [2.45, 2.75) is 4.90 Å². The number of hydrogen-bond donors (Lipinski definition) is 1. The summed E-state index contributed by atoms with van der Waals surface area (Å²) < 4.78 is 2.08. The molecular formula is C21H17N3OS. The molecule has 128 valence electrons. The highest BCUT2D eigenvalue weighted by atomic mass is 32.2. The quantitative estimate of drug-likeness (QED) is 0.529. The third kappa shape index (κ3) is 2.97. The Bertz CT molecular complexity index is 1110. The molecule has 0 saturated heterocycles. The van der Waals surface area contributed by atoms with Gasteiger partial charge in [0, 0.05) is 29.8 Å². The van der Waals surface area contributed by atoms with E-state index < -0.39 is 0 Å². The van der Waals surface area contributed by atoms with E-state index >= 15 is 0 Å². The van der Waals surface area contributed by atoms with Crippen molar-refractivity contribution >= 4 is 34.2 Å². The highest BCUT2D eigenvalue weighted by Gasteiger charge is 2.14. The molecule has 4 aromatic rings. The number of anilines is 2. The Kier molecular flexibility index (Phi) is 4.46. The van der Waals surface area contributed by atoms with Crippen molar-refractivity contribution in [3.63, 3.8) is 0 Å². The van der Waals surface area contributed by atoms with E-state index in [2.05, 4.69) is 14.9 Å². The molecule has 0 aliphatic rings. The first-order valence-corrected chi connectivity index (χ1v) is 9.45. The Balaban J connectivity index is 2.06. The van der Waals surface area contributed by atoms with Gasteiger partial charge in [0.15, 0.2) is 5.43 Å². The Labute approximate surface area is 155 Å². The number of aromatic nitrogens is 2. The third-order valence-corrected chi connectivity index (χ3v) is 4.90. The molecule has 0 fully saturated rings. The number of fused-ring (bicyclic) bond motifs is 1. The fourth-order valence-electron chi connectivity index (χ4n) is 2.99. The predicted molar refractivity (Wildman–Crippen MR) is 109 cm³/mol. The van der Waals surface area contributed by atoms with Crippen LogP contribution in [0, 0.1) is 0 Å². The molecule has 0 amide bonds. The van der Waals surface area contributed by atoms with Gasteiger partial charge in [-0.3, -0.25) is 14.3 Å². The topological polar surface area (TPSA) is 46.9 Å². The van der Waals surface area contributed by atoms with Crippen LogP contribution in [-0.4, -0.2) is 15.8 Å². The fourth-order valence-corrected chi connectivity index (χ4v) is 3.55. The summed E-state index contributed by atoms with van der Waals surface area (Å²) in [7, 11) is 0. The smallest absolute Gasteiger partial charge is 0.193 e. The number of nitrogens with one attached hydrogen (secondary N) is 1. The molecule has 0 unspecified atom stereocenters. The van der Waals surface area contributed by atoms with Gasteiger partial charge in [-0.2, -0.15) is 0 Å². The van der Waals surface area contributed by atoms with E-state index in [9.17, 15) is 4.79 Å². The second-order valence-corrected chi connectivity index (χ2v) is 6.64. The second-order valence-electron chi connectivity index (χ2n) is 5.79. The molecule has 0 spiro atoms. The average molecular weight is 359 g/mol. The van der Waals surface area contributed by atoms with Crippen molar-refractivity contribution in [2.24, 2.45) is 0 Å². The van der Waals surface area contributed by atoms with Crippen molar-refractivity contribution in [2.75, 3.05) is 11.6 Å². The molecule has 0 aliphatic carbocycles. The minimum atomic E-state index is -0.0472. The molecule has 1 N–H and O–H groups in total. The highest BCUT2D eigenvalue weighted by molar-refractivity contribution is 7.98. The molecule has 5 heteroatoms. The lowest BCUT2D eigenvalue weighted by Gasteiger charge is -2.19. The first-order valence-electron chi connectivity index (χ1n) is 8.23. The summed E-state index contributed by atoms with van der Waals surface area (Å²) in [5, 5.41) is 4.00. The number of pyridine rings is 2. The van der Waals surface area contributed by atoms with Crippen LogP contribution in [0.5, 0.6) is 0 Å². The second kappa shape index (κ2) is 7.06. The third-order valence-electron chi connectivity index (χ3n) is 4.16. The van der Waals surface area contributed by atoms with E-state index in [-0.39, 0.29) is 5.43 Å². The molecule has 4 nitrogen and oxygen atoms in total. The molecule has 0 atom stereocenters. The van der Waals surface area contributed by atoms with Crippen molar-refractivity contribution in [3.05, 3.63) is 89.3 Å². The lowest BCUT2D eigenvalue weighted by Crippen LogP contribution is -2.13. The lowest BCUT2D eigenvalue weighted by atomic mass is 10.2. The molecule has 2 aromatic carbocycles. The highest BCUT2D eigenvalue weighted by Crippen LogP contribution is 2.30. The van der Waals surface area contributed by atoms with E-state index in [1.54, 1.807) is 30.2 Å². The average Bonchev–Trinajstić information content (AvgIpc) is 2.69. The summed E-state index contributed by atoms with van der Waals surface area (Å²) in [6.07, 6.45) is 5.44. The zero-order valence-electron chi connectivity index (χ0n) is 14.2. The van der Waals surface area contributed by atoms with Crippen LogP contribution in [0.25, 0.3) is 16.6 Å². The Morgan fingerprint density at radius 1 is 0.962 bits per heavy atom. The lowest BCUT2D eigenvalue weighted by molar-refractivity contribution is 1.07. The van der Waals surface area contributed by atoms with Crippen molar-refractivity contribution in [3.8, 4) is 5.69 Å². The normalized spacial score (nSPS) is 10.8. The van der Waals surface area contributed by atoms with Crippen LogP contribution < -0.4 is 10.7 Å². The number of thioether (sulfide) groups is 1. The molecule has 4 rings (SSSR count). The van der Waals surface area contributed by atoms with Gasteiger partial charge in [-0.15, -0.1) is 11.8 Å². The zero-order valence-corrected chi connectivity index (χ0v) is 15.0. The number of para-hydroxylation sites is 2. The van der Waals surface area contributed by atoms with Gasteiger partial charge in [-0.25, -0.2) is 0 Å². The first kappa shape index (κ1) is 16.4. The van der Waals surface area contributed by atoms with Gasteiger partial charge in [-0.05, 0) is 30.5 Å². The largest absolute Gasteiger partial charge is 0.341 e. The molecular weight excluding hydrogens is 342 g/mol. The van der Waals surface area contributed by atoms with Crippen LogP contribution in [0.15, 0.2) is 88.8 Å². The molecule has 0 saturated carbocycles. The first-order chi connectivity index (χ1) is 12.8. The Hall–Kier alpha value is -3.05. The van der Waals surface area contributed by atoms with Gasteiger partial charge >= 0.3 is 0 Å². The van der Waals surface area contributed by atoms with Crippen molar-refractivity contribution in [1.82, 2.24) is 9.55 Å². The van der Waals surface area contributed by atoms with Gasteiger partial charge in [0.05, 0.1) is 15.8 Å². The summed E-state index contributed by atoms with van der Waals surface area (Å²) in [6.45, 7) is 0. The van der Waals surface area contributed by atoms with Crippen molar-refractivity contribution in [1.29, 1.82) is 0 Å². The number of rotatable bonds is 4. The molecule has 0 radical (unpaired) electrons. The van der Waals surface area contributed by atoms with Crippen LogP contribution >= 0.6 is 11.8 Å².